The maximum absolute atomic E-state index is 7.08. The third kappa shape index (κ3) is 3.21. The lowest BCUT2D eigenvalue weighted by atomic mass is 9.67. The van der Waals surface area contributed by atoms with Gasteiger partial charge < -0.3 is 4.74 Å². The van der Waals surface area contributed by atoms with E-state index in [1.165, 1.54) is 27.8 Å². The third-order valence-corrected chi connectivity index (χ3v) is 10.3. The van der Waals surface area contributed by atoms with Crippen LogP contribution in [0.2, 0.25) is 5.02 Å². The number of rotatable bonds is 2. The average molecular weight is 604 g/mol. The van der Waals surface area contributed by atoms with E-state index in [1.807, 2.05) is 6.07 Å². The van der Waals surface area contributed by atoms with Crippen LogP contribution < -0.4 is 4.74 Å². The van der Waals surface area contributed by atoms with Crippen LogP contribution in [0.5, 0.6) is 11.5 Å². The van der Waals surface area contributed by atoms with Gasteiger partial charge >= 0.3 is 0 Å². The monoisotopic (exact) mass is 602 g/mol. The number of hydrogen-bond acceptors (Lipinski definition) is 2. The van der Waals surface area contributed by atoms with Gasteiger partial charge in [-0.15, -0.1) is 0 Å². The van der Waals surface area contributed by atoms with E-state index in [1.54, 1.807) is 11.8 Å². The Morgan fingerprint density at radius 3 is 1.95 bits per heavy atom. The molecule has 0 bridgehead atoms. The number of ether oxygens (including phenoxy) is 1. The summed E-state index contributed by atoms with van der Waals surface area (Å²) in [5, 5.41) is 2.93. The quantitative estimate of drug-likeness (QED) is 0.194. The normalized spacial score (nSPS) is 14.2. The van der Waals surface area contributed by atoms with Gasteiger partial charge in [0.15, 0.2) is 5.75 Å². The van der Waals surface area contributed by atoms with E-state index in [-0.39, 0.29) is 0 Å². The van der Waals surface area contributed by atoms with Crippen molar-refractivity contribution in [2.45, 2.75) is 15.2 Å². The summed E-state index contributed by atoms with van der Waals surface area (Å²) in [6.07, 6.45) is 0. The van der Waals surface area contributed by atoms with Crippen molar-refractivity contribution in [1.82, 2.24) is 0 Å². The molecule has 0 unspecified atom stereocenters. The van der Waals surface area contributed by atoms with Gasteiger partial charge in [-0.25, -0.2) is 0 Å². The second-order valence-electron chi connectivity index (χ2n) is 9.90. The molecule has 4 heteroatoms. The van der Waals surface area contributed by atoms with Crippen LogP contribution in [0.3, 0.4) is 0 Å². The van der Waals surface area contributed by atoms with Gasteiger partial charge in [-0.1, -0.05) is 120 Å². The Morgan fingerprint density at radius 2 is 1.23 bits per heavy atom. The van der Waals surface area contributed by atoms with E-state index < -0.39 is 5.41 Å². The standard InChI is InChI=1S/C35H20BrClOS/c36-27-19-25-32(33-34(27)39-30-18-10-9-17-29(30)38-33)31-24-16-8-7-15-23(24)28(37)20-26(31)35(25,21-11-3-1-4-12-21)22-13-5-2-6-14-22/h1-20H. The van der Waals surface area contributed by atoms with Crippen molar-refractivity contribution in [2.24, 2.45) is 0 Å². The van der Waals surface area contributed by atoms with Gasteiger partial charge in [0, 0.05) is 20.4 Å². The zero-order chi connectivity index (χ0) is 26.1. The van der Waals surface area contributed by atoms with E-state index in [4.69, 9.17) is 16.3 Å². The Kier molecular flexibility index (Phi) is 5.25. The molecular weight excluding hydrogens is 584 g/mol. The number of benzene rings is 6. The molecule has 0 fully saturated rings. The summed E-state index contributed by atoms with van der Waals surface area (Å²) in [7, 11) is 0. The summed E-state index contributed by atoms with van der Waals surface area (Å²) in [6, 6.07) is 42.7. The fraction of sp³-hybridized carbons (Fsp3) is 0.0286. The lowest BCUT2D eigenvalue weighted by molar-refractivity contribution is 0.455. The Bertz CT molecular complexity index is 1900. The van der Waals surface area contributed by atoms with Gasteiger partial charge in [-0.05, 0) is 73.4 Å². The molecule has 0 saturated heterocycles. The van der Waals surface area contributed by atoms with Crippen LogP contribution in [0.1, 0.15) is 22.3 Å². The van der Waals surface area contributed by atoms with Crippen molar-refractivity contribution in [1.29, 1.82) is 0 Å². The molecule has 1 heterocycles. The molecular formula is C35H20BrClOS. The molecule has 0 saturated carbocycles. The van der Waals surface area contributed by atoms with E-state index in [0.29, 0.717) is 0 Å². The Hall–Kier alpha value is -3.50. The zero-order valence-electron chi connectivity index (χ0n) is 20.6. The zero-order valence-corrected chi connectivity index (χ0v) is 23.8. The molecule has 6 aromatic carbocycles. The molecule has 1 aliphatic heterocycles. The van der Waals surface area contributed by atoms with Crippen LogP contribution in [0, 0.1) is 0 Å². The van der Waals surface area contributed by atoms with Crippen LogP contribution in [0.25, 0.3) is 21.9 Å². The van der Waals surface area contributed by atoms with Crippen molar-refractivity contribution in [3.63, 3.8) is 0 Å². The van der Waals surface area contributed by atoms with Crippen LogP contribution in [-0.2, 0) is 5.41 Å². The minimum atomic E-state index is -0.580. The number of fused-ring (bicyclic) bond motifs is 8. The molecule has 0 N–H and O–H groups in total. The topological polar surface area (TPSA) is 9.23 Å². The van der Waals surface area contributed by atoms with Gasteiger partial charge in [0.1, 0.15) is 5.75 Å². The van der Waals surface area contributed by atoms with Crippen molar-refractivity contribution in [3.05, 3.63) is 153 Å². The Morgan fingerprint density at radius 1 is 0.641 bits per heavy atom. The summed E-state index contributed by atoms with van der Waals surface area (Å²) < 4.78 is 7.84. The van der Waals surface area contributed by atoms with Crippen molar-refractivity contribution < 1.29 is 4.74 Å². The van der Waals surface area contributed by atoms with Crippen molar-refractivity contribution >= 4 is 50.1 Å². The van der Waals surface area contributed by atoms with Crippen LogP contribution in [0.4, 0.5) is 0 Å². The highest BCUT2D eigenvalue weighted by Crippen LogP contribution is 2.65. The summed E-state index contributed by atoms with van der Waals surface area (Å²) in [4.78, 5) is 2.21. The molecule has 0 atom stereocenters. The SMILES string of the molecule is Clc1cc2c(c3ccccc13)-c1c(cc(Br)c3c1Oc1ccccc1S3)C2(c1ccccc1)c1ccccc1. The fourth-order valence-corrected chi connectivity index (χ4v) is 8.29. The van der Waals surface area contributed by atoms with E-state index in [2.05, 4.69) is 131 Å². The maximum atomic E-state index is 7.08. The number of para-hydroxylation sites is 1. The first kappa shape index (κ1) is 23.4. The van der Waals surface area contributed by atoms with Gasteiger partial charge in [0.25, 0.3) is 0 Å². The summed E-state index contributed by atoms with van der Waals surface area (Å²) in [5.74, 6) is 1.78. The van der Waals surface area contributed by atoms with Gasteiger partial charge in [0.05, 0.1) is 15.2 Å². The molecule has 186 valence electrons. The lowest BCUT2D eigenvalue weighted by Gasteiger charge is -2.34. The predicted octanol–water partition coefficient (Wildman–Crippen LogP) is 10.9. The molecule has 1 nitrogen and oxygen atoms in total. The van der Waals surface area contributed by atoms with Crippen molar-refractivity contribution in [3.8, 4) is 22.6 Å². The van der Waals surface area contributed by atoms with E-state index >= 15 is 0 Å². The molecule has 0 aromatic heterocycles. The highest BCUT2D eigenvalue weighted by atomic mass is 79.9. The lowest BCUT2D eigenvalue weighted by Crippen LogP contribution is -2.28. The van der Waals surface area contributed by atoms with E-state index in [0.717, 1.165) is 47.1 Å². The van der Waals surface area contributed by atoms with Crippen LogP contribution in [0.15, 0.2) is 136 Å². The van der Waals surface area contributed by atoms with Gasteiger partial charge in [-0.3, -0.25) is 0 Å². The number of halogens is 2. The Balaban J connectivity index is 1.60. The third-order valence-electron chi connectivity index (χ3n) is 7.93. The predicted molar refractivity (Wildman–Crippen MR) is 165 cm³/mol. The molecule has 39 heavy (non-hydrogen) atoms. The first-order valence-electron chi connectivity index (χ1n) is 12.8. The molecule has 2 aliphatic rings. The van der Waals surface area contributed by atoms with Crippen LogP contribution >= 0.6 is 39.3 Å². The first-order valence-corrected chi connectivity index (χ1v) is 14.8. The molecule has 6 aromatic rings. The van der Waals surface area contributed by atoms with Gasteiger partial charge in [-0.2, -0.15) is 0 Å². The van der Waals surface area contributed by atoms with E-state index in [9.17, 15) is 0 Å². The molecule has 0 radical (unpaired) electrons. The summed E-state index contributed by atoms with van der Waals surface area (Å²) >= 11 is 12.8. The van der Waals surface area contributed by atoms with Crippen molar-refractivity contribution in [2.75, 3.05) is 0 Å². The molecule has 0 amide bonds. The Labute approximate surface area is 244 Å². The highest BCUT2D eigenvalue weighted by Gasteiger charge is 2.49. The smallest absolute Gasteiger partial charge is 0.150 e. The summed E-state index contributed by atoms with van der Waals surface area (Å²) in [6.45, 7) is 0. The first-order chi connectivity index (χ1) is 19.2. The second-order valence-corrected chi connectivity index (χ2v) is 12.2. The molecule has 1 aliphatic carbocycles. The average Bonchev–Trinajstić information content (AvgIpc) is 3.28. The van der Waals surface area contributed by atoms with Gasteiger partial charge in [0.2, 0.25) is 0 Å². The highest BCUT2D eigenvalue weighted by molar-refractivity contribution is 9.10. The van der Waals surface area contributed by atoms with Crippen LogP contribution in [-0.4, -0.2) is 0 Å². The number of hydrogen-bond donors (Lipinski definition) is 0. The summed E-state index contributed by atoms with van der Waals surface area (Å²) in [5.41, 5.74) is 6.48. The fourth-order valence-electron chi connectivity index (χ4n) is 6.39. The molecule has 0 spiro atoms. The second kappa shape index (κ2) is 8.76. The largest absolute Gasteiger partial charge is 0.454 e. The minimum absolute atomic E-state index is 0.580. The molecule has 8 rings (SSSR count). The minimum Gasteiger partial charge on any atom is -0.454 e. The maximum Gasteiger partial charge on any atom is 0.150 e.